The predicted molar refractivity (Wildman–Crippen MR) is 61.4 cm³/mol. The number of carbonyl (C=O) groups excluding carboxylic acids is 2. The van der Waals surface area contributed by atoms with Crippen LogP contribution in [0.3, 0.4) is 0 Å². The number of Topliss-reactive ketones (excluding diaryl/α,β-unsaturated/α-hetero) is 2. The number of rotatable bonds is 4. The Balaban J connectivity index is 2.12. The lowest BCUT2D eigenvalue weighted by Gasteiger charge is -2.04. The standard InChI is InChI=1S/C13H14O4/c1-8(2)10(14)6-11(15)9-3-4-12-13(5-9)17-7-16-12/h3-5,8H,6-7H2,1-2H3. The summed E-state index contributed by atoms with van der Waals surface area (Å²) in [5.74, 6) is 0.854. The van der Waals surface area contributed by atoms with Crippen LogP contribution in [0.1, 0.15) is 30.6 Å². The molecular formula is C13H14O4. The first-order chi connectivity index (χ1) is 8.08. The topological polar surface area (TPSA) is 52.6 Å². The molecule has 0 spiro atoms. The summed E-state index contributed by atoms with van der Waals surface area (Å²) in [7, 11) is 0. The SMILES string of the molecule is CC(C)C(=O)CC(=O)c1ccc2c(c1)OCO2. The molecule has 1 aromatic carbocycles. The normalized spacial score (nSPS) is 12.9. The molecule has 1 aliphatic rings. The third-order valence-electron chi connectivity index (χ3n) is 2.67. The minimum absolute atomic E-state index is 0.0485. The van der Waals surface area contributed by atoms with Crippen molar-refractivity contribution < 1.29 is 19.1 Å². The second-order valence-electron chi connectivity index (χ2n) is 4.29. The molecule has 1 heterocycles. The van der Waals surface area contributed by atoms with Crippen LogP contribution < -0.4 is 9.47 Å². The molecule has 0 saturated carbocycles. The van der Waals surface area contributed by atoms with E-state index in [9.17, 15) is 9.59 Å². The van der Waals surface area contributed by atoms with Gasteiger partial charge in [-0.1, -0.05) is 13.8 Å². The molecule has 1 aliphatic heterocycles. The summed E-state index contributed by atoms with van der Waals surface area (Å²) in [6, 6.07) is 4.97. The molecule has 0 unspecified atom stereocenters. The summed E-state index contributed by atoms with van der Waals surface area (Å²) in [4.78, 5) is 23.3. The van der Waals surface area contributed by atoms with Gasteiger partial charge in [-0.2, -0.15) is 0 Å². The zero-order chi connectivity index (χ0) is 12.4. The van der Waals surface area contributed by atoms with Crippen LogP contribution in [0.4, 0.5) is 0 Å². The van der Waals surface area contributed by atoms with E-state index in [0.29, 0.717) is 17.1 Å². The van der Waals surface area contributed by atoms with Crippen molar-refractivity contribution in [2.45, 2.75) is 20.3 Å². The minimum atomic E-state index is -0.179. The van der Waals surface area contributed by atoms with Crippen molar-refractivity contribution in [1.82, 2.24) is 0 Å². The first-order valence-electron chi connectivity index (χ1n) is 5.53. The number of hydrogen-bond acceptors (Lipinski definition) is 4. The molecule has 0 radical (unpaired) electrons. The fourth-order valence-corrected chi connectivity index (χ4v) is 1.53. The fourth-order valence-electron chi connectivity index (χ4n) is 1.53. The molecule has 4 nitrogen and oxygen atoms in total. The Morgan fingerprint density at radius 1 is 1.24 bits per heavy atom. The van der Waals surface area contributed by atoms with Gasteiger partial charge in [0.2, 0.25) is 6.79 Å². The molecule has 0 fully saturated rings. The van der Waals surface area contributed by atoms with Gasteiger partial charge in [0.25, 0.3) is 0 Å². The quantitative estimate of drug-likeness (QED) is 0.592. The van der Waals surface area contributed by atoms with Crippen LogP contribution in [0.25, 0.3) is 0 Å². The lowest BCUT2D eigenvalue weighted by molar-refractivity contribution is -0.121. The summed E-state index contributed by atoms with van der Waals surface area (Å²) in [6.07, 6.45) is -0.0582. The van der Waals surface area contributed by atoms with Crippen LogP contribution in [0, 0.1) is 5.92 Å². The van der Waals surface area contributed by atoms with E-state index in [2.05, 4.69) is 0 Å². The maximum atomic E-state index is 11.8. The second kappa shape index (κ2) is 4.57. The maximum absolute atomic E-state index is 11.8. The van der Waals surface area contributed by atoms with Gasteiger partial charge in [0, 0.05) is 11.5 Å². The highest BCUT2D eigenvalue weighted by molar-refractivity contribution is 6.08. The van der Waals surface area contributed by atoms with Crippen molar-refractivity contribution >= 4 is 11.6 Å². The number of hydrogen-bond donors (Lipinski definition) is 0. The zero-order valence-corrected chi connectivity index (χ0v) is 9.86. The van der Waals surface area contributed by atoms with Gasteiger partial charge >= 0.3 is 0 Å². The summed E-state index contributed by atoms with van der Waals surface area (Å²) < 4.78 is 10.3. The van der Waals surface area contributed by atoms with Crippen molar-refractivity contribution in [3.63, 3.8) is 0 Å². The van der Waals surface area contributed by atoms with Crippen molar-refractivity contribution in [3.8, 4) is 11.5 Å². The van der Waals surface area contributed by atoms with Gasteiger partial charge in [-0.05, 0) is 18.2 Å². The van der Waals surface area contributed by atoms with Crippen molar-refractivity contribution in [2.75, 3.05) is 6.79 Å². The Morgan fingerprint density at radius 3 is 2.65 bits per heavy atom. The van der Waals surface area contributed by atoms with Gasteiger partial charge in [0.15, 0.2) is 17.3 Å². The molecule has 0 saturated heterocycles. The van der Waals surface area contributed by atoms with E-state index in [1.54, 1.807) is 32.0 Å². The molecule has 0 bridgehead atoms. The number of ether oxygens (including phenoxy) is 2. The molecule has 0 amide bonds. The van der Waals surface area contributed by atoms with Crippen LogP contribution >= 0.6 is 0 Å². The van der Waals surface area contributed by atoms with E-state index in [-0.39, 0.29) is 30.7 Å². The van der Waals surface area contributed by atoms with Crippen molar-refractivity contribution in [2.24, 2.45) is 5.92 Å². The third kappa shape index (κ3) is 2.46. The first-order valence-corrected chi connectivity index (χ1v) is 5.53. The van der Waals surface area contributed by atoms with Crippen LogP contribution in [0.2, 0.25) is 0 Å². The van der Waals surface area contributed by atoms with E-state index in [0.717, 1.165) is 0 Å². The van der Waals surface area contributed by atoms with Gasteiger partial charge in [-0.25, -0.2) is 0 Å². The molecule has 0 atom stereocenters. The Kier molecular flexibility index (Phi) is 3.13. The number of fused-ring (bicyclic) bond motifs is 1. The van der Waals surface area contributed by atoms with E-state index in [1.165, 1.54) is 0 Å². The van der Waals surface area contributed by atoms with Gasteiger partial charge in [0.1, 0.15) is 5.78 Å². The Bertz CT molecular complexity index is 462. The Morgan fingerprint density at radius 2 is 1.94 bits per heavy atom. The molecule has 2 rings (SSSR count). The van der Waals surface area contributed by atoms with Gasteiger partial charge in [-0.15, -0.1) is 0 Å². The molecule has 0 aromatic heterocycles. The van der Waals surface area contributed by atoms with Crippen LogP contribution in [0.5, 0.6) is 11.5 Å². The summed E-state index contributed by atoms with van der Waals surface area (Å²) in [5, 5.41) is 0. The lowest BCUT2D eigenvalue weighted by atomic mass is 10.00. The highest BCUT2D eigenvalue weighted by Gasteiger charge is 2.18. The van der Waals surface area contributed by atoms with Gasteiger partial charge < -0.3 is 9.47 Å². The van der Waals surface area contributed by atoms with E-state index < -0.39 is 0 Å². The number of benzene rings is 1. The summed E-state index contributed by atoms with van der Waals surface area (Å²) in [6.45, 7) is 3.75. The number of carbonyl (C=O) groups is 2. The largest absolute Gasteiger partial charge is 0.454 e. The highest BCUT2D eigenvalue weighted by atomic mass is 16.7. The van der Waals surface area contributed by atoms with Gasteiger partial charge in [0.05, 0.1) is 6.42 Å². The molecule has 90 valence electrons. The van der Waals surface area contributed by atoms with Crippen LogP contribution in [0.15, 0.2) is 18.2 Å². The van der Waals surface area contributed by atoms with E-state index >= 15 is 0 Å². The summed E-state index contributed by atoms with van der Waals surface area (Å²) >= 11 is 0. The smallest absolute Gasteiger partial charge is 0.231 e. The molecule has 17 heavy (non-hydrogen) atoms. The first kappa shape index (κ1) is 11.6. The molecule has 4 heteroatoms. The molecular weight excluding hydrogens is 220 g/mol. The lowest BCUT2D eigenvalue weighted by Crippen LogP contribution is -2.13. The summed E-state index contributed by atoms with van der Waals surface area (Å²) in [5.41, 5.74) is 0.489. The van der Waals surface area contributed by atoms with Crippen LogP contribution in [-0.4, -0.2) is 18.4 Å². The number of ketones is 2. The average Bonchev–Trinajstić information content (AvgIpc) is 2.75. The van der Waals surface area contributed by atoms with Crippen molar-refractivity contribution in [3.05, 3.63) is 23.8 Å². The highest BCUT2D eigenvalue weighted by Crippen LogP contribution is 2.32. The van der Waals surface area contributed by atoms with Crippen molar-refractivity contribution in [1.29, 1.82) is 0 Å². The van der Waals surface area contributed by atoms with Gasteiger partial charge in [-0.3, -0.25) is 9.59 Å². The van der Waals surface area contributed by atoms with E-state index in [4.69, 9.17) is 9.47 Å². The maximum Gasteiger partial charge on any atom is 0.231 e. The average molecular weight is 234 g/mol. The Labute approximate surface area is 99.5 Å². The minimum Gasteiger partial charge on any atom is -0.454 e. The molecule has 0 aliphatic carbocycles. The Hall–Kier alpha value is -1.84. The zero-order valence-electron chi connectivity index (χ0n) is 9.86. The molecule has 0 N–H and O–H groups in total. The van der Waals surface area contributed by atoms with E-state index in [1.807, 2.05) is 0 Å². The molecule has 1 aromatic rings. The third-order valence-corrected chi connectivity index (χ3v) is 2.67. The van der Waals surface area contributed by atoms with Crippen LogP contribution in [-0.2, 0) is 4.79 Å². The fraction of sp³-hybridized carbons (Fsp3) is 0.385. The predicted octanol–water partition coefficient (Wildman–Crippen LogP) is 2.21. The second-order valence-corrected chi connectivity index (χ2v) is 4.29. The monoisotopic (exact) mass is 234 g/mol.